The number of nitrogens with zero attached hydrogens (tertiary/aromatic N) is 3. The molecule has 0 unspecified atom stereocenters. The van der Waals surface area contributed by atoms with E-state index in [1.165, 1.54) is 24.0 Å². The van der Waals surface area contributed by atoms with E-state index >= 15 is 0 Å². The molecule has 0 aliphatic heterocycles. The number of benzene rings is 1. The van der Waals surface area contributed by atoms with Crippen molar-refractivity contribution >= 4 is 29.9 Å². The summed E-state index contributed by atoms with van der Waals surface area (Å²) in [4.78, 5) is 8.37. The number of aromatic nitrogens is 2. The zero-order valence-electron chi connectivity index (χ0n) is 15.4. The zero-order valence-corrected chi connectivity index (χ0v) is 17.7. The van der Waals surface area contributed by atoms with Crippen LogP contribution in [0.25, 0.3) is 0 Å². The van der Waals surface area contributed by atoms with Gasteiger partial charge in [0, 0.05) is 39.1 Å². The topological polar surface area (TPSA) is 54.2 Å². The number of aliphatic imine (C=N–C) groups is 1. The fourth-order valence-electron chi connectivity index (χ4n) is 2.55. The molecule has 5 nitrogen and oxygen atoms in total. The quantitative estimate of drug-likeness (QED) is 0.277. The maximum atomic E-state index is 4.29. The molecule has 0 fully saturated rings. The molecule has 1 heterocycles. The molecular weight excluding hydrogens is 425 g/mol. The Bertz CT molecular complexity index is 623. The third kappa shape index (κ3) is 8.38. The normalized spacial score (nSPS) is 11.3. The van der Waals surface area contributed by atoms with Crippen LogP contribution in [-0.2, 0) is 13.1 Å². The van der Waals surface area contributed by atoms with Crippen molar-refractivity contribution in [2.75, 3.05) is 13.6 Å². The van der Waals surface area contributed by atoms with Crippen molar-refractivity contribution in [3.05, 3.63) is 54.1 Å². The fourth-order valence-corrected chi connectivity index (χ4v) is 2.55. The van der Waals surface area contributed by atoms with Gasteiger partial charge in [-0.3, -0.25) is 4.99 Å². The van der Waals surface area contributed by atoms with Crippen LogP contribution >= 0.6 is 24.0 Å². The second kappa shape index (κ2) is 11.9. The van der Waals surface area contributed by atoms with E-state index in [1.54, 1.807) is 6.20 Å². The average Bonchev–Trinajstić information content (AvgIpc) is 3.07. The minimum atomic E-state index is 0. The minimum absolute atomic E-state index is 0. The first-order valence-corrected chi connectivity index (χ1v) is 8.65. The van der Waals surface area contributed by atoms with Gasteiger partial charge >= 0.3 is 0 Å². The molecule has 6 heteroatoms. The second-order valence-electron chi connectivity index (χ2n) is 6.44. The minimum Gasteiger partial charge on any atom is -0.356 e. The predicted molar refractivity (Wildman–Crippen MR) is 115 cm³/mol. The summed E-state index contributed by atoms with van der Waals surface area (Å²) < 4.78 is 2.07. The number of hydrogen-bond acceptors (Lipinski definition) is 2. The first-order chi connectivity index (χ1) is 11.7. The zero-order chi connectivity index (χ0) is 17.2. The summed E-state index contributed by atoms with van der Waals surface area (Å²) in [5, 5.41) is 6.75. The highest BCUT2D eigenvalue weighted by molar-refractivity contribution is 14.0. The molecule has 1 aromatic carbocycles. The summed E-state index contributed by atoms with van der Waals surface area (Å²) >= 11 is 0. The third-order valence-corrected chi connectivity index (χ3v) is 3.85. The van der Waals surface area contributed by atoms with Crippen molar-refractivity contribution < 1.29 is 0 Å². The molecular formula is C19H30IN5. The van der Waals surface area contributed by atoms with Gasteiger partial charge in [0.05, 0.1) is 6.33 Å². The highest BCUT2D eigenvalue weighted by Gasteiger charge is 2.01. The number of rotatable bonds is 8. The number of nitrogens with one attached hydrogen (secondary N) is 2. The van der Waals surface area contributed by atoms with Gasteiger partial charge in [-0.05, 0) is 29.9 Å². The van der Waals surface area contributed by atoms with Crippen LogP contribution in [0.4, 0.5) is 0 Å². The lowest BCUT2D eigenvalue weighted by Gasteiger charge is -2.13. The summed E-state index contributed by atoms with van der Waals surface area (Å²) in [7, 11) is 1.81. The van der Waals surface area contributed by atoms with Gasteiger partial charge in [-0.2, -0.15) is 0 Å². The smallest absolute Gasteiger partial charge is 0.191 e. The third-order valence-electron chi connectivity index (χ3n) is 3.85. The SMILES string of the molecule is CN=C(NCCCC(C)C)NCc1cccc(Cn2ccnc2)c1.I. The standard InChI is InChI=1S/C19H29N5.HI/c1-16(2)6-5-9-22-19(20-3)23-13-17-7-4-8-18(12-17)14-24-11-10-21-15-24;/h4,7-8,10-12,15-16H,5-6,9,13-14H2,1-3H3,(H2,20,22,23);1H. The van der Waals surface area contributed by atoms with Gasteiger partial charge in [-0.25, -0.2) is 4.98 Å². The first-order valence-electron chi connectivity index (χ1n) is 8.65. The average molecular weight is 455 g/mol. The maximum absolute atomic E-state index is 4.29. The Labute approximate surface area is 168 Å². The molecule has 0 amide bonds. The number of hydrogen-bond donors (Lipinski definition) is 2. The van der Waals surface area contributed by atoms with Gasteiger partial charge < -0.3 is 15.2 Å². The summed E-state index contributed by atoms with van der Waals surface area (Å²) in [6, 6.07) is 8.60. The molecule has 0 spiro atoms. The summed E-state index contributed by atoms with van der Waals surface area (Å²) in [6.07, 6.45) is 8.03. The molecule has 2 aromatic rings. The van der Waals surface area contributed by atoms with Gasteiger partial charge in [0.25, 0.3) is 0 Å². The number of guanidine groups is 1. The Morgan fingerprint density at radius 2 is 2.04 bits per heavy atom. The van der Waals surface area contributed by atoms with Crippen molar-refractivity contribution in [3.8, 4) is 0 Å². The Hall–Kier alpha value is -1.57. The highest BCUT2D eigenvalue weighted by Crippen LogP contribution is 2.07. The molecule has 138 valence electrons. The molecule has 0 aliphatic rings. The molecule has 0 atom stereocenters. The van der Waals surface area contributed by atoms with Gasteiger partial charge in [0.2, 0.25) is 0 Å². The van der Waals surface area contributed by atoms with Crippen LogP contribution in [0.2, 0.25) is 0 Å². The lowest BCUT2D eigenvalue weighted by molar-refractivity contribution is 0.549. The summed E-state index contributed by atoms with van der Waals surface area (Å²) in [5.41, 5.74) is 2.52. The largest absolute Gasteiger partial charge is 0.356 e. The Balaban J connectivity index is 0.00000312. The van der Waals surface area contributed by atoms with Crippen LogP contribution in [0.3, 0.4) is 0 Å². The first kappa shape index (κ1) is 21.5. The van der Waals surface area contributed by atoms with E-state index in [4.69, 9.17) is 0 Å². The summed E-state index contributed by atoms with van der Waals surface area (Å²) in [5.74, 6) is 1.61. The van der Waals surface area contributed by atoms with Crippen molar-refractivity contribution in [3.63, 3.8) is 0 Å². The van der Waals surface area contributed by atoms with E-state index in [1.807, 2.05) is 19.6 Å². The van der Waals surface area contributed by atoms with Crippen LogP contribution in [0.15, 0.2) is 48.0 Å². The monoisotopic (exact) mass is 455 g/mol. The van der Waals surface area contributed by atoms with Crippen LogP contribution < -0.4 is 10.6 Å². The van der Waals surface area contributed by atoms with Gasteiger partial charge in [0.1, 0.15) is 0 Å². The molecule has 0 bridgehead atoms. The predicted octanol–water partition coefficient (Wildman–Crippen LogP) is 3.65. The van der Waals surface area contributed by atoms with Crippen molar-refractivity contribution in [1.29, 1.82) is 0 Å². The Kier molecular flexibility index (Phi) is 10.2. The molecule has 0 radical (unpaired) electrons. The maximum Gasteiger partial charge on any atom is 0.191 e. The Morgan fingerprint density at radius 3 is 2.72 bits per heavy atom. The highest BCUT2D eigenvalue weighted by atomic mass is 127. The van der Waals surface area contributed by atoms with E-state index < -0.39 is 0 Å². The van der Waals surface area contributed by atoms with Crippen LogP contribution in [0, 0.1) is 5.92 Å². The van der Waals surface area contributed by atoms with E-state index in [2.05, 4.69) is 63.3 Å². The summed E-state index contributed by atoms with van der Waals surface area (Å²) in [6.45, 7) is 7.07. The molecule has 0 saturated carbocycles. The van der Waals surface area contributed by atoms with E-state index in [0.717, 1.165) is 31.5 Å². The van der Waals surface area contributed by atoms with Crippen LogP contribution in [0.5, 0.6) is 0 Å². The molecule has 25 heavy (non-hydrogen) atoms. The van der Waals surface area contributed by atoms with E-state index in [9.17, 15) is 0 Å². The van der Waals surface area contributed by atoms with Gasteiger partial charge in [0.15, 0.2) is 5.96 Å². The second-order valence-corrected chi connectivity index (χ2v) is 6.44. The van der Waals surface area contributed by atoms with Crippen LogP contribution in [0.1, 0.15) is 37.8 Å². The van der Waals surface area contributed by atoms with Crippen LogP contribution in [-0.4, -0.2) is 29.1 Å². The molecule has 2 N–H and O–H groups in total. The molecule has 0 saturated heterocycles. The Morgan fingerprint density at radius 1 is 1.24 bits per heavy atom. The van der Waals surface area contributed by atoms with Gasteiger partial charge in [-0.15, -0.1) is 24.0 Å². The molecule has 1 aromatic heterocycles. The lowest BCUT2D eigenvalue weighted by atomic mass is 10.1. The van der Waals surface area contributed by atoms with Crippen molar-refractivity contribution in [2.45, 2.75) is 39.8 Å². The van der Waals surface area contributed by atoms with E-state index in [-0.39, 0.29) is 24.0 Å². The molecule has 2 rings (SSSR count). The van der Waals surface area contributed by atoms with E-state index in [0.29, 0.717) is 0 Å². The van der Waals surface area contributed by atoms with Crippen molar-refractivity contribution in [2.24, 2.45) is 10.9 Å². The van der Waals surface area contributed by atoms with Gasteiger partial charge in [-0.1, -0.05) is 38.1 Å². The van der Waals surface area contributed by atoms with Crippen molar-refractivity contribution in [1.82, 2.24) is 20.2 Å². The molecule has 0 aliphatic carbocycles. The number of halogens is 1. The lowest BCUT2D eigenvalue weighted by Crippen LogP contribution is -2.37. The number of imidazole rings is 1. The fraction of sp³-hybridized carbons (Fsp3) is 0.474.